The van der Waals surface area contributed by atoms with E-state index in [1.165, 1.54) is 6.07 Å². The second-order valence-electron chi connectivity index (χ2n) is 5.47. The van der Waals surface area contributed by atoms with E-state index in [9.17, 15) is 17.6 Å². The van der Waals surface area contributed by atoms with Crippen molar-refractivity contribution in [3.05, 3.63) is 35.1 Å². The molecular weight excluding hydrogens is 258 g/mol. The van der Waals surface area contributed by atoms with Crippen molar-refractivity contribution in [3.8, 4) is 0 Å². The molecule has 0 bridgehead atoms. The summed E-state index contributed by atoms with van der Waals surface area (Å²) in [6, 6.07) is 3.36. The molecule has 1 nitrogen and oxygen atoms in total. The lowest BCUT2D eigenvalue weighted by molar-refractivity contribution is -0.140. The summed E-state index contributed by atoms with van der Waals surface area (Å²) in [6.07, 6.45) is -3.95. The Labute approximate surface area is 111 Å². The molecule has 0 aromatic heterocycles. The van der Waals surface area contributed by atoms with Gasteiger partial charge in [-0.15, -0.1) is 0 Å². The average molecular weight is 277 g/mol. The van der Waals surface area contributed by atoms with Crippen LogP contribution in [0.1, 0.15) is 38.3 Å². The average Bonchev–Trinajstić information content (AvgIpc) is 2.26. The van der Waals surface area contributed by atoms with Crippen molar-refractivity contribution in [2.24, 2.45) is 0 Å². The number of hydrogen-bond acceptors (Lipinski definition) is 1. The van der Waals surface area contributed by atoms with Gasteiger partial charge in [0.25, 0.3) is 0 Å². The molecule has 1 rings (SSSR count). The molecule has 0 saturated carbocycles. The first-order chi connectivity index (χ1) is 8.58. The van der Waals surface area contributed by atoms with Gasteiger partial charge in [0.2, 0.25) is 0 Å². The Morgan fingerprint density at radius 2 is 1.79 bits per heavy atom. The van der Waals surface area contributed by atoms with E-state index < -0.39 is 23.0 Å². The minimum absolute atomic E-state index is 0.195. The highest BCUT2D eigenvalue weighted by Gasteiger charge is 2.35. The van der Waals surface area contributed by atoms with Gasteiger partial charge in [0, 0.05) is 6.04 Å². The fraction of sp³-hybridized carbons (Fsp3) is 0.571. The molecule has 1 unspecified atom stereocenters. The molecule has 1 aromatic carbocycles. The largest absolute Gasteiger partial charge is 0.419 e. The Kier molecular flexibility index (Phi) is 4.61. The van der Waals surface area contributed by atoms with Gasteiger partial charge >= 0.3 is 6.18 Å². The standard InChI is InChI=1S/C14H19F4N/c1-9(19-4)8-13(2,3)10-5-6-11(12(15)7-10)14(16,17)18/h5-7,9,19H,8H2,1-4H3. The lowest BCUT2D eigenvalue weighted by Crippen LogP contribution is -2.31. The monoisotopic (exact) mass is 277 g/mol. The Bertz CT molecular complexity index is 438. The lowest BCUT2D eigenvalue weighted by Gasteiger charge is -2.29. The molecule has 19 heavy (non-hydrogen) atoms. The third-order valence-corrected chi connectivity index (χ3v) is 3.37. The molecule has 0 fully saturated rings. The summed E-state index contributed by atoms with van der Waals surface area (Å²) in [6.45, 7) is 5.76. The van der Waals surface area contributed by atoms with Crippen molar-refractivity contribution in [3.63, 3.8) is 0 Å². The normalized spacial score (nSPS) is 14.5. The Balaban J connectivity index is 3.07. The van der Waals surface area contributed by atoms with E-state index in [1.807, 2.05) is 27.8 Å². The summed E-state index contributed by atoms with van der Waals surface area (Å²) < 4.78 is 51.0. The van der Waals surface area contributed by atoms with Crippen LogP contribution in [0.25, 0.3) is 0 Å². The van der Waals surface area contributed by atoms with Gasteiger partial charge in [-0.3, -0.25) is 0 Å². The number of rotatable bonds is 4. The SMILES string of the molecule is CNC(C)CC(C)(C)c1ccc(C(F)(F)F)c(F)c1. The molecule has 0 saturated heterocycles. The van der Waals surface area contributed by atoms with E-state index in [0.29, 0.717) is 12.0 Å². The quantitative estimate of drug-likeness (QED) is 0.816. The van der Waals surface area contributed by atoms with Crippen LogP contribution in [0.4, 0.5) is 17.6 Å². The van der Waals surface area contributed by atoms with E-state index >= 15 is 0 Å². The van der Waals surface area contributed by atoms with Crippen molar-refractivity contribution in [2.45, 2.75) is 44.8 Å². The zero-order chi connectivity index (χ0) is 14.8. The highest BCUT2D eigenvalue weighted by molar-refractivity contribution is 5.31. The first-order valence-electron chi connectivity index (χ1n) is 6.12. The first kappa shape index (κ1) is 16.0. The topological polar surface area (TPSA) is 12.0 Å². The maximum Gasteiger partial charge on any atom is 0.419 e. The van der Waals surface area contributed by atoms with Gasteiger partial charge in [-0.05, 0) is 43.5 Å². The number of halogens is 4. The van der Waals surface area contributed by atoms with Crippen molar-refractivity contribution >= 4 is 0 Å². The van der Waals surface area contributed by atoms with E-state index in [0.717, 1.165) is 12.1 Å². The fourth-order valence-electron chi connectivity index (χ4n) is 2.15. The number of hydrogen-bond donors (Lipinski definition) is 1. The molecule has 1 N–H and O–H groups in total. The minimum atomic E-state index is -4.65. The number of nitrogens with one attached hydrogen (secondary N) is 1. The second-order valence-corrected chi connectivity index (χ2v) is 5.47. The Morgan fingerprint density at radius 3 is 2.21 bits per heavy atom. The van der Waals surface area contributed by atoms with Crippen molar-refractivity contribution < 1.29 is 17.6 Å². The maximum atomic E-state index is 13.6. The predicted molar refractivity (Wildman–Crippen MR) is 67.6 cm³/mol. The molecule has 1 aromatic rings. The summed E-state index contributed by atoms with van der Waals surface area (Å²) in [5.74, 6) is -1.21. The number of benzene rings is 1. The highest BCUT2D eigenvalue weighted by Crippen LogP contribution is 2.35. The molecule has 0 aliphatic carbocycles. The van der Waals surface area contributed by atoms with Crippen molar-refractivity contribution in [2.75, 3.05) is 7.05 Å². The summed E-state index contributed by atoms with van der Waals surface area (Å²) >= 11 is 0. The summed E-state index contributed by atoms with van der Waals surface area (Å²) in [4.78, 5) is 0. The molecule has 108 valence electrons. The van der Waals surface area contributed by atoms with Gasteiger partial charge in [0.1, 0.15) is 5.82 Å². The van der Waals surface area contributed by atoms with Gasteiger partial charge in [0.05, 0.1) is 5.56 Å². The molecule has 0 spiro atoms. The van der Waals surface area contributed by atoms with Crippen LogP contribution in [0.5, 0.6) is 0 Å². The third-order valence-electron chi connectivity index (χ3n) is 3.37. The molecule has 0 aliphatic heterocycles. The van der Waals surface area contributed by atoms with Gasteiger partial charge < -0.3 is 5.32 Å². The van der Waals surface area contributed by atoms with E-state index in [2.05, 4.69) is 5.32 Å². The Hall–Kier alpha value is -1.10. The van der Waals surface area contributed by atoms with Gasteiger partial charge in [-0.25, -0.2) is 4.39 Å². The van der Waals surface area contributed by atoms with Crippen LogP contribution in [0.3, 0.4) is 0 Å². The van der Waals surface area contributed by atoms with E-state index in [1.54, 1.807) is 0 Å². The van der Waals surface area contributed by atoms with Crippen LogP contribution in [0, 0.1) is 5.82 Å². The van der Waals surface area contributed by atoms with Crippen molar-refractivity contribution in [1.82, 2.24) is 5.32 Å². The van der Waals surface area contributed by atoms with Crippen molar-refractivity contribution in [1.29, 1.82) is 0 Å². The smallest absolute Gasteiger partial charge is 0.317 e. The number of alkyl halides is 3. The van der Waals surface area contributed by atoms with Crippen LogP contribution in [-0.4, -0.2) is 13.1 Å². The zero-order valence-corrected chi connectivity index (χ0v) is 11.5. The second kappa shape index (κ2) is 5.49. The Morgan fingerprint density at radius 1 is 1.21 bits per heavy atom. The molecule has 5 heteroatoms. The highest BCUT2D eigenvalue weighted by atomic mass is 19.4. The van der Waals surface area contributed by atoms with E-state index in [4.69, 9.17) is 0 Å². The van der Waals surface area contributed by atoms with Gasteiger partial charge in [0.15, 0.2) is 0 Å². The maximum absolute atomic E-state index is 13.6. The van der Waals surface area contributed by atoms with Crippen LogP contribution in [-0.2, 0) is 11.6 Å². The molecular formula is C14H19F4N. The molecule has 0 radical (unpaired) electrons. The summed E-state index contributed by atoms with van der Waals surface area (Å²) in [5.41, 5.74) is -1.04. The van der Waals surface area contributed by atoms with Gasteiger partial charge in [-0.2, -0.15) is 13.2 Å². The molecule has 1 atom stereocenters. The van der Waals surface area contributed by atoms with Crippen LogP contribution in [0.15, 0.2) is 18.2 Å². The summed E-state index contributed by atoms with van der Waals surface area (Å²) in [5, 5.41) is 3.07. The third kappa shape index (κ3) is 3.93. The summed E-state index contributed by atoms with van der Waals surface area (Å²) in [7, 11) is 1.81. The zero-order valence-electron chi connectivity index (χ0n) is 11.5. The van der Waals surface area contributed by atoms with Gasteiger partial charge in [-0.1, -0.05) is 19.9 Å². The predicted octanol–water partition coefficient (Wildman–Crippen LogP) is 4.12. The lowest BCUT2D eigenvalue weighted by atomic mass is 9.79. The fourth-order valence-corrected chi connectivity index (χ4v) is 2.15. The molecule has 0 aliphatic rings. The molecule has 0 amide bonds. The van der Waals surface area contributed by atoms with Crippen LogP contribution in [0.2, 0.25) is 0 Å². The van der Waals surface area contributed by atoms with Crippen LogP contribution < -0.4 is 5.32 Å². The van der Waals surface area contributed by atoms with E-state index in [-0.39, 0.29) is 6.04 Å². The van der Waals surface area contributed by atoms with Crippen LogP contribution >= 0.6 is 0 Å². The molecule has 0 heterocycles. The minimum Gasteiger partial charge on any atom is -0.317 e. The first-order valence-corrected chi connectivity index (χ1v) is 6.12.